The molecule has 0 aliphatic carbocycles. The molecule has 0 spiro atoms. The molecule has 0 saturated carbocycles. The zero-order chi connectivity index (χ0) is 12.8. The van der Waals surface area contributed by atoms with Crippen LogP contribution in [-0.2, 0) is 23.1 Å². The van der Waals surface area contributed by atoms with Crippen molar-refractivity contribution >= 4 is 5.95 Å². The van der Waals surface area contributed by atoms with Gasteiger partial charge in [-0.3, -0.25) is 0 Å². The van der Waals surface area contributed by atoms with E-state index in [0.717, 1.165) is 18.2 Å². The van der Waals surface area contributed by atoms with Crippen LogP contribution in [0.1, 0.15) is 5.69 Å². The Bertz CT molecular complexity index is 334. The van der Waals surface area contributed by atoms with Gasteiger partial charge in [-0.1, -0.05) is 0 Å². The molecule has 0 aromatic carbocycles. The second kappa shape index (κ2) is 6.58. The number of nitrogens with zero attached hydrogens (tertiary/aromatic N) is 3. The first kappa shape index (κ1) is 14.0. The Labute approximate surface area is 103 Å². The summed E-state index contributed by atoms with van der Waals surface area (Å²) in [7, 11) is 9.22. The third-order valence-corrected chi connectivity index (χ3v) is 2.60. The summed E-state index contributed by atoms with van der Waals surface area (Å²) in [5.74, 6) is 0.942. The summed E-state index contributed by atoms with van der Waals surface area (Å²) in [6.07, 6.45) is 1.66. The van der Waals surface area contributed by atoms with E-state index >= 15 is 0 Å². The fourth-order valence-corrected chi connectivity index (χ4v) is 1.59. The molecule has 1 aromatic heterocycles. The average molecular weight is 242 g/mol. The largest absolute Gasteiger partial charge is 0.355 e. The Kier molecular flexibility index (Phi) is 5.40. The van der Waals surface area contributed by atoms with Crippen molar-refractivity contribution in [3.05, 3.63) is 11.9 Å². The highest BCUT2D eigenvalue weighted by atomic mass is 16.7. The quantitative estimate of drug-likeness (QED) is 0.692. The second-order valence-corrected chi connectivity index (χ2v) is 4.03. The van der Waals surface area contributed by atoms with E-state index in [1.807, 2.05) is 32.2 Å². The molecular weight excluding hydrogens is 220 g/mol. The van der Waals surface area contributed by atoms with Crippen molar-refractivity contribution in [2.45, 2.75) is 12.8 Å². The van der Waals surface area contributed by atoms with E-state index in [2.05, 4.69) is 14.9 Å². The van der Waals surface area contributed by atoms with Gasteiger partial charge >= 0.3 is 0 Å². The molecule has 0 atom stereocenters. The van der Waals surface area contributed by atoms with E-state index in [1.165, 1.54) is 0 Å². The third kappa shape index (κ3) is 3.69. The van der Waals surface area contributed by atoms with Gasteiger partial charge in [-0.15, -0.1) is 0 Å². The monoisotopic (exact) mass is 242 g/mol. The smallest absolute Gasteiger partial charge is 0.204 e. The fraction of sp³-hybridized carbons (Fsp3) is 0.727. The first-order chi connectivity index (χ1) is 8.10. The summed E-state index contributed by atoms with van der Waals surface area (Å²) in [5.41, 5.74) is 1.12. The predicted molar refractivity (Wildman–Crippen MR) is 67.0 cm³/mol. The van der Waals surface area contributed by atoms with E-state index < -0.39 is 0 Å². The summed E-state index contributed by atoms with van der Waals surface area (Å²) in [5, 5.41) is 3.27. The maximum Gasteiger partial charge on any atom is 0.204 e. The SMILES string of the molecule is COC(CNCc1cnc(N(C)C)n1C)OC. The van der Waals surface area contributed by atoms with Gasteiger partial charge in [0.1, 0.15) is 0 Å². The van der Waals surface area contributed by atoms with Crippen LogP contribution < -0.4 is 10.2 Å². The highest BCUT2D eigenvalue weighted by molar-refractivity contribution is 5.30. The lowest BCUT2D eigenvalue weighted by molar-refractivity contribution is -0.0989. The van der Waals surface area contributed by atoms with Gasteiger partial charge in [-0.05, 0) is 0 Å². The Hall–Kier alpha value is -1.11. The van der Waals surface area contributed by atoms with Crippen LogP contribution in [-0.4, -0.2) is 50.7 Å². The molecule has 0 aliphatic rings. The molecule has 1 heterocycles. The molecule has 0 unspecified atom stereocenters. The number of hydrogen-bond acceptors (Lipinski definition) is 5. The van der Waals surface area contributed by atoms with E-state index in [1.54, 1.807) is 14.2 Å². The van der Waals surface area contributed by atoms with E-state index in [-0.39, 0.29) is 6.29 Å². The summed E-state index contributed by atoms with van der Waals surface area (Å²) < 4.78 is 12.2. The minimum Gasteiger partial charge on any atom is -0.355 e. The van der Waals surface area contributed by atoms with E-state index in [0.29, 0.717) is 6.54 Å². The van der Waals surface area contributed by atoms with Crippen molar-refractivity contribution in [1.29, 1.82) is 0 Å². The number of ether oxygens (including phenoxy) is 2. The van der Waals surface area contributed by atoms with E-state index in [9.17, 15) is 0 Å². The Morgan fingerprint density at radius 2 is 2.06 bits per heavy atom. The van der Waals surface area contributed by atoms with Crippen molar-refractivity contribution < 1.29 is 9.47 Å². The molecular formula is C11H22N4O2. The molecule has 0 fully saturated rings. The van der Waals surface area contributed by atoms with Crippen LogP contribution in [0.25, 0.3) is 0 Å². The van der Waals surface area contributed by atoms with Crippen LogP contribution in [0.3, 0.4) is 0 Å². The topological polar surface area (TPSA) is 51.5 Å². The molecule has 1 rings (SSSR count). The number of rotatable bonds is 7. The Morgan fingerprint density at radius 1 is 1.41 bits per heavy atom. The van der Waals surface area contributed by atoms with Crippen LogP contribution in [0.4, 0.5) is 5.95 Å². The molecule has 0 aliphatic heterocycles. The van der Waals surface area contributed by atoms with Crippen LogP contribution in [0.2, 0.25) is 0 Å². The van der Waals surface area contributed by atoms with E-state index in [4.69, 9.17) is 9.47 Å². The first-order valence-corrected chi connectivity index (χ1v) is 5.54. The predicted octanol–water partition coefficient (Wildman–Crippen LogP) is 0.195. The van der Waals surface area contributed by atoms with Gasteiger partial charge in [0.05, 0.1) is 11.9 Å². The van der Waals surface area contributed by atoms with Crippen LogP contribution in [0, 0.1) is 0 Å². The molecule has 17 heavy (non-hydrogen) atoms. The van der Waals surface area contributed by atoms with Crippen molar-refractivity contribution in [2.24, 2.45) is 7.05 Å². The molecule has 98 valence electrons. The molecule has 0 bridgehead atoms. The minimum atomic E-state index is -0.212. The molecule has 1 N–H and O–H groups in total. The van der Waals surface area contributed by atoms with Crippen molar-refractivity contribution in [1.82, 2.24) is 14.9 Å². The Morgan fingerprint density at radius 3 is 2.53 bits per heavy atom. The fourth-order valence-electron chi connectivity index (χ4n) is 1.59. The molecule has 6 nitrogen and oxygen atoms in total. The van der Waals surface area contributed by atoms with Crippen molar-refractivity contribution in [3.63, 3.8) is 0 Å². The molecule has 0 saturated heterocycles. The highest BCUT2D eigenvalue weighted by Crippen LogP contribution is 2.10. The number of methoxy groups -OCH3 is 2. The molecule has 1 aromatic rings. The van der Waals surface area contributed by atoms with Gasteiger partial charge in [0.2, 0.25) is 5.95 Å². The van der Waals surface area contributed by atoms with Gasteiger partial charge in [0.25, 0.3) is 0 Å². The van der Waals surface area contributed by atoms with Gasteiger partial charge in [-0.2, -0.15) is 0 Å². The lowest BCUT2D eigenvalue weighted by Gasteiger charge is -2.15. The second-order valence-electron chi connectivity index (χ2n) is 4.03. The number of hydrogen-bond donors (Lipinski definition) is 1. The maximum atomic E-state index is 5.10. The summed E-state index contributed by atoms with van der Waals surface area (Å²) in [6.45, 7) is 1.38. The number of nitrogens with one attached hydrogen (secondary N) is 1. The highest BCUT2D eigenvalue weighted by Gasteiger charge is 2.09. The summed E-state index contributed by atoms with van der Waals surface area (Å²) in [4.78, 5) is 6.32. The minimum absolute atomic E-state index is 0.212. The number of aromatic nitrogens is 2. The average Bonchev–Trinajstić information content (AvgIpc) is 2.66. The molecule has 0 radical (unpaired) electrons. The molecule has 6 heteroatoms. The zero-order valence-electron chi connectivity index (χ0n) is 11.2. The number of anilines is 1. The van der Waals surface area contributed by atoms with Crippen LogP contribution in [0.5, 0.6) is 0 Å². The van der Waals surface area contributed by atoms with Crippen LogP contribution >= 0.6 is 0 Å². The Balaban J connectivity index is 2.47. The van der Waals surface area contributed by atoms with Crippen molar-refractivity contribution in [2.75, 3.05) is 39.8 Å². The van der Waals surface area contributed by atoms with Gasteiger partial charge in [-0.25, -0.2) is 4.98 Å². The lowest BCUT2D eigenvalue weighted by Crippen LogP contribution is -2.30. The van der Waals surface area contributed by atoms with Gasteiger partial charge in [0.15, 0.2) is 6.29 Å². The van der Waals surface area contributed by atoms with Gasteiger partial charge in [0, 0.05) is 48.5 Å². The normalized spacial score (nSPS) is 11.2. The van der Waals surface area contributed by atoms with Gasteiger partial charge < -0.3 is 24.3 Å². The zero-order valence-corrected chi connectivity index (χ0v) is 11.2. The first-order valence-electron chi connectivity index (χ1n) is 5.54. The standard InChI is InChI=1S/C11H22N4O2/c1-14(2)11-13-7-9(15(11)3)6-12-8-10(16-4)17-5/h7,10,12H,6,8H2,1-5H3. The maximum absolute atomic E-state index is 5.10. The number of imidazole rings is 1. The third-order valence-electron chi connectivity index (χ3n) is 2.60. The van der Waals surface area contributed by atoms with Crippen molar-refractivity contribution in [3.8, 4) is 0 Å². The summed E-state index contributed by atoms with van der Waals surface area (Å²) >= 11 is 0. The summed E-state index contributed by atoms with van der Waals surface area (Å²) in [6, 6.07) is 0. The lowest BCUT2D eigenvalue weighted by atomic mass is 10.4. The molecule has 0 amide bonds. The van der Waals surface area contributed by atoms with Crippen LogP contribution in [0.15, 0.2) is 6.20 Å².